The Morgan fingerprint density at radius 3 is 2.36 bits per heavy atom. The number of morpholine rings is 1. The molecule has 1 amide bonds. The number of piperidine rings is 1. The Kier molecular flexibility index (Phi) is 7.63. The molecule has 39 heavy (non-hydrogen) atoms. The van der Waals surface area contributed by atoms with Crippen molar-refractivity contribution in [2.24, 2.45) is 0 Å². The summed E-state index contributed by atoms with van der Waals surface area (Å²) in [6.45, 7) is 2.50. The largest absolute Gasteiger partial charge is 0.451 e. The Hall–Kier alpha value is -3.45. The van der Waals surface area contributed by atoms with Crippen LogP contribution in [0, 0.1) is 0 Å². The lowest BCUT2D eigenvalue weighted by atomic mass is 10.0. The van der Waals surface area contributed by atoms with Gasteiger partial charge in [0.15, 0.2) is 0 Å². The van der Waals surface area contributed by atoms with Crippen LogP contribution < -0.4 is 10.2 Å². The molecule has 2 fully saturated rings. The lowest BCUT2D eigenvalue weighted by molar-refractivity contribution is -0.145. The van der Waals surface area contributed by atoms with E-state index in [1.807, 2.05) is 6.07 Å². The number of benzene rings is 1. The minimum absolute atomic E-state index is 0.0113. The average Bonchev–Trinajstić information content (AvgIpc) is 2.93. The number of anilines is 1. The summed E-state index contributed by atoms with van der Waals surface area (Å²) in [6.07, 6.45) is -1.77. The maximum Gasteiger partial charge on any atom is 0.451 e. The average molecular weight is 551 g/mol. The van der Waals surface area contributed by atoms with Gasteiger partial charge in [0.05, 0.1) is 19.3 Å². The molecule has 4 heterocycles. The quantitative estimate of drug-likeness (QED) is 0.463. The molecule has 0 bridgehead atoms. The van der Waals surface area contributed by atoms with Crippen LogP contribution in [0.1, 0.15) is 40.6 Å². The van der Waals surface area contributed by atoms with Gasteiger partial charge in [-0.3, -0.25) is 9.69 Å². The summed E-state index contributed by atoms with van der Waals surface area (Å²) in [5.41, 5.74) is 0.697. The van der Waals surface area contributed by atoms with Gasteiger partial charge in [-0.2, -0.15) is 13.2 Å². The van der Waals surface area contributed by atoms with Gasteiger partial charge < -0.3 is 15.0 Å². The highest BCUT2D eigenvalue weighted by atomic mass is 19.4. The summed E-state index contributed by atoms with van der Waals surface area (Å²) in [6, 6.07) is 6.39. The Labute approximate surface area is 221 Å². The van der Waals surface area contributed by atoms with E-state index in [9.17, 15) is 26.7 Å². The van der Waals surface area contributed by atoms with Gasteiger partial charge in [-0.05, 0) is 17.5 Å². The summed E-state index contributed by atoms with van der Waals surface area (Å²) in [7, 11) is 0. The van der Waals surface area contributed by atoms with Gasteiger partial charge in [-0.1, -0.05) is 12.1 Å². The van der Waals surface area contributed by atoms with Gasteiger partial charge in [-0.15, -0.1) is 0 Å². The molecule has 208 valence electrons. The molecular formula is C26H27F5N6O2. The zero-order chi connectivity index (χ0) is 27.6. The zero-order valence-corrected chi connectivity index (χ0v) is 20.9. The van der Waals surface area contributed by atoms with Crippen molar-refractivity contribution in [1.29, 1.82) is 0 Å². The van der Waals surface area contributed by atoms with Crippen LogP contribution in [0.4, 0.5) is 27.8 Å². The number of ether oxygens (including phenoxy) is 1. The predicted octanol–water partition coefficient (Wildman–Crippen LogP) is 4.08. The number of hydrogen-bond acceptors (Lipinski definition) is 7. The third-order valence-electron chi connectivity index (χ3n) is 7.08. The van der Waals surface area contributed by atoms with E-state index in [1.54, 1.807) is 29.3 Å². The lowest BCUT2D eigenvalue weighted by Gasteiger charge is -2.37. The lowest BCUT2D eigenvalue weighted by Crippen LogP contribution is -2.45. The number of nitrogens with zero attached hydrogens (tertiary/aromatic N) is 5. The molecule has 8 nitrogen and oxygen atoms in total. The summed E-state index contributed by atoms with van der Waals surface area (Å²) in [4.78, 5) is 28.6. The summed E-state index contributed by atoms with van der Waals surface area (Å²) < 4.78 is 72.0. The van der Waals surface area contributed by atoms with E-state index in [1.165, 1.54) is 0 Å². The molecule has 2 aliphatic heterocycles. The first-order valence-corrected chi connectivity index (χ1v) is 12.6. The van der Waals surface area contributed by atoms with Crippen LogP contribution in [0.15, 0.2) is 42.9 Å². The number of nitrogens with one attached hydrogen (secondary N) is 1. The fourth-order valence-electron chi connectivity index (χ4n) is 4.98. The van der Waals surface area contributed by atoms with Gasteiger partial charge in [0, 0.05) is 80.7 Å². The van der Waals surface area contributed by atoms with Crippen molar-refractivity contribution in [1.82, 2.24) is 25.2 Å². The van der Waals surface area contributed by atoms with Crippen LogP contribution in [0.5, 0.6) is 0 Å². The fourth-order valence-corrected chi connectivity index (χ4v) is 4.98. The number of hydrogen-bond donors (Lipinski definition) is 1. The van der Waals surface area contributed by atoms with E-state index < -0.39 is 29.9 Å². The molecule has 1 aromatic carbocycles. The van der Waals surface area contributed by atoms with E-state index in [2.05, 4.69) is 25.2 Å². The molecule has 0 aliphatic carbocycles. The first-order chi connectivity index (χ1) is 18.6. The van der Waals surface area contributed by atoms with Crippen LogP contribution >= 0.6 is 0 Å². The molecular weight excluding hydrogens is 523 g/mol. The number of carbonyl (C=O) groups is 1. The number of amides is 1. The van der Waals surface area contributed by atoms with Gasteiger partial charge in [-0.25, -0.2) is 23.7 Å². The SMILES string of the molecule is O=C(NCC(c1cnc(C(F)(F)F)nc1)N1CCC(F)(F)CC1)c1cccc2c(N3CCOCC3)nccc12. The minimum atomic E-state index is -4.71. The molecule has 13 heteroatoms. The van der Waals surface area contributed by atoms with Gasteiger partial charge in [0.25, 0.3) is 11.8 Å². The first-order valence-electron chi connectivity index (χ1n) is 12.6. The van der Waals surface area contributed by atoms with E-state index in [4.69, 9.17) is 4.74 Å². The number of pyridine rings is 1. The van der Waals surface area contributed by atoms with Gasteiger partial charge >= 0.3 is 6.18 Å². The number of carbonyl (C=O) groups excluding carboxylic acids is 1. The second-order valence-electron chi connectivity index (χ2n) is 9.59. The molecule has 1 N–H and O–H groups in total. The topological polar surface area (TPSA) is 83.5 Å². The monoisotopic (exact) mass is 550 g/mol. The number of aromatic nitrogens is 3. The van der Waals surface area contributed by atoms with Crippen LogP contribution in [0.2, 0.25) is 0 Å². The van der Waals surface area contributed by atoms with Crippen molar-refractivity contribution in [2.75, 3.05) is 50.8 Å². The van der Waals surface area contributed by atoms with Crippen molar-refractivity contribution in [2.45, 2.75) is 31.0 Å². The molecule has 1 atom stereocenters. The van der Waals surface area contributed by atoms with Crippen LogP contribution in [-0.2, 0) is 10.9 Å². The number of alkyl halides is 5. The summed E-state index contributed by atoms with van der Waals surface area (Å²) in [5, 5.41) is 4.35. The Bertz CT molecular complexity index is 1300. The van der Waals surface area contributed by atoms with Crippen molar-refractivity contribution >= 4 is 22.5 Å². The number of rotatable bonds is 6. The molecule has 1 unspecified atom stereocenters. The highest BCUT2D eigenvalue weighted by Gasteiger charge is 2.38. The van der Waals surface area contributed by atoms with Gasteiger partial charge in [0.2, 0.25) is 5.82 Å². The second-order valence-corrected chi connectivity index (χ2v) is 9.59. The second kappa shape index (κ2) is 11.0. The van der Waals surface area contributed by atoms with Crippen LogP contribution in [0.25, 0.3) is 10.8 Å². The molecule has 0 radical (unpaired) electrons. The Morgan fingerprint density at radius 1 is 1.00 bits per heavy atom. The molecule has 2 aromatic heterocycles. The number of likely N-dealkylation sites (tertiary alicyclic amines) is 1. The van der Waals surface area contributed by atoms with Crippen LogP contribution in [0.3, 0.4) is 0 Å². The van der Waals surface area contributed by atoms with Crippen molar-refractivity contribution in [3.63, 3.8) is 0 Å². The maximum absolute atomic E-state index is 13.8. The molecule has 2 saturated heterocycles. The summed E-state index contributed by atoms with van der Waals surface area (Å²) in [5.74, 6) is -3.75. The Balaban J connectivity index is 1.38. The van der Waals surface area contributed by atoms with E-state index in [-0.39, 0.29) is 32.5 Å². The standard InChI is InChI=1S/C26H27F5N6O2/c27-25(28)5-8-36(9-6-25)21(17-14-34-24(35-15-17)26(29,30)31)16-33-23(38)20-3-1-2-19-18(20)4-7-32-22(19)37-10-12-39-13-11-37/h1-4,7,14-15,21H,5-6,8-13,16H2,(H,33,38). The predicted molar refractivity (Wildman–Crippen MR) is 133 cm³/mol. The molecule has 3 aromatic rings. The smallest absolute Gasteiger partial charge is 0.378 e. The Morgan fingerprint density at radius 2 is 1.69 bits per heavy atom. The van der Waals surface area contributed by atoms with E-state index >= 15 is 0 Å². The minimum Gasteiger partial charge on any atom is -0.378 e. The highest BCUT2D eigenvalue weighted by Crippen LogP contribution is 2.33. The van der Waals surface area contributed by atoms with E-state index in [0.29, 0.717) is 42.8 Å². The molecule has 0 saturated carbocycles. The number of fused-ring (bicyclic) bond motifs is 1. The maximum atomic E-state index is 13.8. The highest BCUT2D eigenvalue weighted by molar-refractivity contribution is 6.09. The normalized spacial score (nSPS) is 19.2. The molecule has 2 aliphatic rings. The van der Waals surface area contributed by atoms with Crippen LogP contribution in [-0.4, -0.2) is 77.6 Å². The third-order valence-corrected chi connectivity index (χ3v) is 7.08. The van der Waals surface area contributed by atoms with Crippen molar-refractivity contribution in [3.8, 4) is 0 Å². The molecule has 0 spiro atoms. The zero-order valence-electron chi connectivity index (χ0n) is 20.9. The fraction of sp³-hybridized carbons (Fsp3) is 0.462. The third kappa shape index (κ3) is 6.09. The number of halogens is 5. The van der Waals surface area contributed by atoms with Crippen molar-refractivity contribution in [3.05, 3.63) is 59.8 Å². The first kappa shape index (κ1) is 27.1. The van der Waals surface area contributed by atoms with Gasteiger partial charge in [0.1, 0.15) is 5.82 Å². The summed E-state index contributed by atoms with van der Waals surface area (Å²) >= 11 is 0. The van der Waals surface area contributed by atoms with E-state index in [0.717, 1.165) is 23.6 Å². The van der Waals surface area contributed by atoms with Crippen molar-refractivity contribution < 1.29 is 31.5 Å². The molecule has 5 rings (SSSR count).